The summed E-state index contributed by atoms with van der Waals surface area (Å²) >= 11 is 1.40. The minimum Gasteiger partial charge on any atom is -0.457 e. The third kappa shape index (κ3) is 4.82. The van der Waals surface area contributed by atoms with E-state index >= 15 is 0 Å². The lowest BCUT2D eigenvalue weighted by Crippen LogP contribution is -2.30. The maximum atomic E-state index is 12.5. The highest BCUT2D eigenvalue weighted by Crippen LogP contribution is 2.29. The third-order valence-corrected chi connectivity index (χ3v) is 4.57. The summed E-state index contributed by atoms with van der Waals surface area (Å²) in [5.74, 6) is -1.34. The number of halogens is 3. The molecule has 0 aliphatic rings. The van der Waals surface area contributed by atoms with Crippen LogP contribution in [-0.2, 0) is 22.3 Å². The van der Waals surface area contributed by atoms with E-state index in [9.17, 15) is 22.8 Å². The van der Waals surface area contributed by atoms with Crippen LogP contribution in [0.2, 0.25) is 0 Å². The molecule has 0 aliphatic heterocycles. The van der Waals surface area contributed by atoms with Crippen LogP contribution >= 0.6 is 11.3 Å². The molecule has 0 radical (unpaired) electrons. The molecule has 1 N–H and O–H groups in total. The van der Waals surface area contributed by atoms with Crippen molar-refractivity contribution in [3.05, 3.63) is 64.7 Å². The summed E-state index contributed by atoms with van der Waals surface area (Å²) in [7, 11) is 0. The van der Waals surface area contributed by atoms with Gasteiger partial charge in [0.2, 0.25) is 0 Å². The molecule has 1 heterocycles. The van der Waals surface area contributed by atoms with Crippen molar-refractivity contribution in [1.82, 2.24) is 10.3 Å². The van der Waals surface area contributed by atoms with Crippen molar-refractivity contribution in [2.45, 2.75) is 12.8 Å². The maximum Gasteiger partial charge on any atom is 0.416 e. The van der Waals surface area contributed by atoms with Crippen LogP contribution in [0.15, 0.2) is 48.5 Å². The van der Waals surface area contributed by atoms with Crippen molar-refractivity contribution in [3.63, 3.8) is 0 Å². The van der Waals surface area contributed by atoms with Crippen LogP contribution in [0.4, 0.5) is 13.2 Å². The predicted octanol–water partition coefficient (Wildman–Crippen LogP) is 3.79. The molecule has 0 fully saturated rings. The van der Waals surface area contributed by atoms with Crippen LogP contribution in [0.3, 0.4) is 0 Å². The Morgan fingerprint density at radius 3 is 2.44 bits per heavy atom. The molecule has 1 amide bonds. The van der Waals surface area contributed by atoms with Crippen molar-refractivity contribution >= 4 is 33.4 Å². The molecule has 2 aromatic carbocycles. The van der Waals surface area contributed by atoms with Gasteiger partial charge in [0.15, 0.2) is 0 Å². The summed E-state index contributed by atoms with van der Waals surface area (Å²) in [4.78, 5) is 28.0. The average molecular weight is 394 g/mol. The van der Waals surface area contributed by atoms with Gasteiger partial charge < -0.3 is 10.1 Å². The number of ether oxygens (including phenoxy) is 1. The summed E-state index contributed by atoms with van der Waals surface area (Å²) in [6, 6.07) is 11.2. The Bertz CT molecular complexity index is 935. The first-order chi connectivity index (χ1) is 12.8. The van der Waals surface area contributed by atoms with Gasteiger partial charge in [0.05, 0.1) is 15.8 Å². The van der Waals surface area contributed by atoms with Gasteiger partial charge in [-0.25, -0.2) is 4.98 Å². The van der Waals surface area contributed by atoms with Crippen LogP contribution < -0.4 is 5.32 Å². The fourth-order valence-corrected chi connectivity index (χ4v) is 3.12. The number of nitrogens with zero attached hydrogens (tertiary/aromatic N) is 1. The molecule has 27 heavy (non-hydrogen) atoms. The van der Waals surface area contributed by atoms with Gasteiger partial charge in [-0.2, -0.15) is 13.2 Å². The van der Waals surface area contributed by atoms with Crippen molar-refractivity contribution in [2.24, 2.45) is 0 Å². The van der Waals surface area contributed by atoms with Gasteiger partial charge in [-0.3, -0.25) is 9.59 Å². The molecule has 0 saturated heterocycles. The predicted molar refractivity (Wildman–Crippen MR) is 93.2 cm³/mol. The Balaban J connectivity index is 1.49. The zero-order valence-corrected chi connectivity index (χ0v) is 14.6. The number of hydrogen-bond acceptors (Lipinski definition) is 5. The molecule has 140 valence electrons. The number of aromatic nitrogens is 1. The van der Waals surface area contributed by atoms with Crippen LogP contribution in [0.1, 0.15) is 20.9 Å². The minimum absolute atomic E-state index is 0.0157. The van der Waals surface area contributed by atoms with Crippen LogP contribution in [0, 0.1) is 0 Å². The van der Waals surface area contributed by atoms with E-state index in [1.54, 1.807) is 0 Å². The van der Waals surface area contributed by atoms with E-state index in [0.29, 0.717) is 5.01 Å². The average Bonchev–Trinajstić information content (AvgIpc) is 3.07. The van der Waals surface area contributed by atoms with Crippen molar-refractivity contribution in [2.75, 3.05) is 6.54 Å². The standard InChI is InChI=1S/C18H13F3N2O3S/c19-18(20,21)12-7-5-11(6-8-12)17(25)22-9-16(24)26-10-15-23-13-3-1-2-4-14(13)27-15/h1-8H,9-10H2,(H,22,25). The number of para-hydroxylation sites is 1. The summed E-state index contributed by atoms with van der Waals surface area (Å²) in [6.07, 6.45) is -4.47. The molecule has 3 aromatic rings. The highest BCUT2D eigenvalue weighted by Gasteiger charge is 2.30. The zero-order chi connectivity index (χ0) is 19.4. The Morgan fingerprint density at radius 2 is 1.78 bits per heavy atom. The molecular weight excluding hydrogens is 381 g/mol. The van der Waals surface area contributed by atoms with Crippen molar-refractivity contribution < 1.29 is 27.5 Å². The Hall–Kier alpha value is -2.94. The summed E-state index contributed by atoms with van der Waals surface area (Å²) in [6.45, 7) is -0.418. The first kappa shape index (κ1) is 18.8. The molecule has 0 saturated carbocycles. The fraction of sp³-hybridized carbons (Fsp3) is 0.167. The molecule has 0 atom stereocenters. The van der Waals surface area contributed by atoms with Crippen LogP contribution in [0.25, 0.3) is 10.2 Å². The largest absolute Gasteiger partial charge is 0.457 e. The van der Waals surface area contributed by atoms with Gasteiger partial charge in [-0.15, -0.1) is 11.3 Å². The lowest BCUT2D eigenvalue weighted by atomic mass is 10.1. The lowest BCUT2D eigenvalue weighted by molar-refractivity contribution is -0.143. The van der Waals surface area contributed by atoms with Gasteiger partial charge in [-0.1, -0.05) is 12.1 Å². The molecular formula is C18H13F3N2O3S. The number of amides is 1. The molecule has 5 nitrogen and oxygen atoms in total. The van der Waals surface area contributed by atoms with E-state index < -0.39 is 30.2 Å². The van der Waals surface area contributed by atoms with E-state index in [4.69, 9.17) is 4.74 Å². The second-order valence-electron chi connectivity index (χ2n) is 5.49. The summed E-state index contributed by atoms with van der Waals surface area (Å²) in [5.41, 5.74) is -0.0274. The van der Waals surface area contributed by atoms with Crippen molar-refractivity contribution in [1.29, 1.82) is 0 Å². The van der Waals surface area contributed by atoms with Crippen LogP contribution in [0.5, 0.6) is 0 Å². The number of benzene rings is 2. The molecule has 0 unspecified atom stereocenters. The molecule has 0 bridgehead atoms. The topological polar surface area (TPSA) is 68.3 Å². The Morgan fingerprint density at radius 1 is 1.07 bits per heavy atom. The number of alkyl halides is 3. The highest BCUT2D eigenvalue weighted by atomic mass is 32.1. The van der Waals surface area contributed by atoms with Gasteiger partial charge in [0.25, 0.3) is 5.91 Å². The molecule has 3 rings (SSSR count). The Labute approximate surface area is 155 Å². The second kappa shape index (κ2) is 7.75. The molecule has 0 spiro atoms. The monoisotopic (exact) mass is 394 g/mol. The third-order valence-electron chi connectivity index (χ3n) is 3.56. The fourth-order valence-electron chi connectivity index (χ4n) is 2.24. The highest BCUT2D eigenvalue weighted by molar-refractivity contribution is 7.18. The number of rotatable bonds is 5. The van der Waals surface area contributed by atoms with Gasteiger partial charge in [0, 0.05) is 5.56 Å². The molecule has 1 aromatic heterocycles. The van der Waals surface area contributed by atoms with Gasteiger partial charge >= 0.3 is 12.1 Å². The number of carbonyl (C=O) groups excluding carboxylic acids is 2. The number of esters is 1. The van der Waals surface area contributed by atoms with Gasteiger partial charge in [0.1, 0.15) is 18.2 Å². The normalized spacial score (nSPS) is 11.4. The summed E-state index contributed by atoms with van der Waals surface area (Å²) < 4.78 is 43.5. The maximum absolute atomic E-state index is 12.5. The number of thiazole rings is 1. The van der Waals surface area contributed by atoms with Crippen LogP contribution in [-0.4, -0.2) is 23.4 Å². The van der Waals surface area contributed by atoms with E-state index in [1.165, 1.54) is 11.3 Å². The van der Waals surface area contributed by atoms with Gasteiger partial charge in [-0.05, 0) is 36.4 Å². The van der Waals surface area contributed by atoms with E-state index in [0.717, 1.165) is 34.5 Å². The zero-order valence-electron chi connectivity index (χ0n) is 13.7. The Kier molecular flexibility index (Phi) is 5.41. The van der Waals surface area contributed by atoms with E-state index in [-0.39, 0.29) is 12.2 Å². The number of nitrogens with one attached hydrogen (secondary N) is 1. The lowest BCUT2D eigenvalue weighted by Gasteiger charge is -2.08. The molecule has 9 heteroatoms. The second-order valence-corrected chi connectivity index (χ2v) is 6.61. The quantitative estimate of drug-likeness (QED) is 0.669. The summed E-state index contributed by atoms with van der Waals surface area (Å²) in [5, 5.41) is 2.93. The van der Waals surface area contributed by atoms with E-state index in [2.05, 4.69) is 10.3 Å². The number of hydrogen-bond donors (Lipinski definition) is 1. The first-order valence-corrected chi connectivity index (χ1v) is 8.60. The van der Waals surface area contributed by atoms with Crippen molar-refractivity contribution in [3.8, 4) is 0 Å². The smallest absolute Gasteiger partial charge is 0.416 e. The first-order valence-electron chi connectivity index (χ1n) is 7.78. The number of fused-ring (bicyclic) bond motifs is 1. The molecule has 0 aliphatic carbocycles. The minimum atomic E-state index is -4.47. The SMILES string of the molecule is O=C(CNC(=O)c1ccc(C(F)(F)F)cc1)OCc1nc2ccccc2s1. The van der Waals surface area contributed by atoms with E-state index in [1.807, 2.05) is 24.3 Å². The number of carbonyl (C=O) groups is 2.